The van der Waals surface area contributed by atoms with Gasteiger partial charge < -0.3 is 10.1 Å². The van der Waals surface area contributed by atoms with Gasteiger partial charge in [0.1, 0.15) is 27.2 Å². The lowest BCUT2D eigenvalue weighted by atomic mass is 9.54. The van der Waals surface area contributed by atoms with Gasteiger partial charge in [0.15, 0.2) is 0 Å². The molecule has 3 amide bonds. The lowest BCUT2D eigenvalue weighted by molar-refractivity contribution is -0.383. The Hall–Kier alpha value is -3.95. The van der Waals surface area contributed by atoms with Gasteiger partial charge in [-0.3, -0.25) is 29.4 Å². The lowest BCUT2D eigenvalue weighted by Gasteiger charge is -2.54. The maximum absolute atomic E-state index is 14.3. The summed E-state index contributed by atoms with van der Waals surface area (Å²) in [5, 5.41) is 14.2. The molecule has 1 heterocycles. The Labute approximate surface area is 245 Å². The molecule has 1 N–H and O–H groups in total. The molecule has 0 radical (unpaired) electrons. The predicted octanol–water partition coefficient (Wildman–Crippen LogP) is 5.16. The summed E-state index contributed by atoms with van der Waals surface area (Å²) in [6.45, 7) is 3.38. The van der Waals surface area contributed by atoms with Gasteiger partial charge in [0.25, 0.3) is 5.69 Å². The number of rotatable bonds is 6. The molecule has 0 saturated carbocycles. The third kappa shape index (κ3) is 3.51. The molecular weight excluding hydrogens is 569 g/mol. The van der Waals surface area contributed by atoms with Crippen molar-refractivity contribution >= 4 is 52.3 Å². The Kier molecular flexibility index (Phi) is 6.17. The molecule has 7 rings (SSSR count). The van der Waals surface area contributed by atoms with E-state index in [2.05, 4.69) is 5.32 Å². The number of amides is 3. The van der Waals surface area contributed by atoms with E-state index in [1.54, 1.807) is 13.8 Å². The van der Waals surface area contributed by atoms with Crippen LogP contribution in [-0.2, 0) is 24.1 Å². The second kappa shape index (κ2) is 9.29. The number of ether oxygens (including phenoxy) is 1. The minimum absolute atomic E-state index is 0.121. The number of methoxy groups -OCH3 is 1. The summed E-state index contributed by atoms with van der Waals surface area (Å²) in [5.74, 6) is -4.39. The van der Waals surface area contributed by atoms with Crippen LogP contribution in [0.25, 0.3) is 0 Å². The first-order chi connectivity index (χ1) is 19.5. The smallest absolute Gasteiger partial charge is 0.293 e. The third-order valence-corrected chi connectivity index (χ3v) is 9.74. The number of imide groups is 1. The molecule has 3 atom stereocenters. The number of alkyl halides is 2. The Bertz CT molecular complexity index is 1540. The number of nitrogens with zero attached hydrogens (tertiary/aromatic N) is 2. The second-order valence-electron chi connectivity index (χ2n) is 10.8. The summed E-state index contributed by atoms with van der Waals surface area (Å²) in [7, 11) is 1.39. The number of likely N-dealkylation sites (tertiary alicyclic amines) is 1. The molecular formula is C30H25Cl2N3O6. The van der Waals surface area contributed by atoms with E-state index >= 15 is 0 Å². The lowest BCUT2D eigenvalue weighted by Crippen LogP contribution is -2.57. The number of halogens is 2. The largest absolute Gasteiger partial charge is 0.497 e. The highest BCUT2D eigenvalue weighted by Gasteiger charge is 2.73. The monoisotopic (exact) mass is 593 g/mol. The molecule has 11 heteroatoms. The quantitative estimate of drug-likeness (QED) is 0.182. The molecule has 1 saturated heterocycles. The van der Waals surface area contributed by atoms with Crippen molar-refractivity contribution in [2.75, 3.05) is 12.4 Å². The number of carbonyl (C=O) groups excluding carboxylic acids is 3. The summed E-state index contributed by atoms with van der Waals surface area (Å²) in [6.07, 6.45) is 0. The van der Waals surface area contributed by atoms with Crippen molar-refractivity contribution in [1.82, 2.24) is 4.90 Å². The minimum atomic E-state index is -1.39. The molecule has 1 aliphatic heterocycles. The number of nitro benzene ring substituents is 1. The van der Waals surface area contributed by atoms with Gasteiger partial charge in [0.2, 0.25) is 17.7 Å². The minimum Gasteiger partial charge on any atom is -0.497 e. The molecule has 3 aliphatic carbocycles. The molecule has 2 bridgehead atoms. The van der Waals surface area contributed by atoms with Gasteiger partial charge in [-0.2, -0.15) is 0 Å². The number of carbonyl (C=O) groups is 3. The number of anilines is 1. The molecule has 3 aromatic rings. The van der Waals surface area contributed by atoms with E-state index in [0.717, 1.165) is 4.90 Å². The fourth-order valence-electron chi connectivity index (χ4n) is 6.79. The van der Waals surface area contributed by atoms with E-state index < -0.39 is 56.2 Å². The predicted molar refractivity (Wildman–Crippen MR) is 152 cm³/mol. The van der Waals surface area contributed by atoms with Crippen LogP contribution in [0.15, 0.2) is 66.7 Å². The van der Waals surface area contributed by atoms with Crippen molar-refractivity contribution in [3.05, 3.63) is 99.1 Å². The SMILES string of the molecule is COc1ccc([N+](=O)[O-])c(NC(=O)[C@H](C(C)C)N2C(=O)[C@H]3[C@H](C2=O)C2(Cl)c4ccccc4C3(Cl)c3ccccc32)c1. The van der Waals surface area contributed by atoms with E-state index in [1.807, 2.05) is 48.5 Å². The van der Waals surface area contributed by atoms with Crippen molar-refractivity contribution in [3.63, 3.8) is 0 Å². The van der Waals surface area contributed by atoms with Crippen LogP contribution in [0.1, 0.15) is 36.1 Å². The van der Waals surface area contributed by atoms with E-state index in [1.165, 1.54) is 25.3 Å². The van der Waals surface area contributed by atoms with Crippen LogP contribution < -0.4 is 10.1 Å². The van der Waals surface area contributed by atoms with Gasteiger partial charge in [-0.1, -0.05) is 62.4 Å². The standard InChI is InChI=1S/C30H25Cl2N3O6/c1-15(2)25(26(36)33-21-14-16(41-3)12-13-22(21)35(39)40)34-27(37)23-24(28(34)38)30(32)18-9-5-4-8-17(18)29(23,31)19-10-6-7-11-20(19)30/h4-15,23-25H,1-3H3,(H,33,36)/t23-,24-,25+,29?,30?/m1/s1. The molecule has 210 valence electrons. The third-order valence-electron chi connectivity index (χ3n) is 8.46. The highest BCUT2D eigenvalue weighted by molar-refractivity contribution is 6.36. The van der Waals surface area contributed by atoms with Gasteiger partial charge in [-0.25, -0.2) is 0 Å². The van der Waals surface area contributed by atoms with Crippen LogP contribution in [0, 0.1) is 27.9 Å². The Morgan fingerprint density at radius 2 is 1.39 bits per heavy atom. The van der Waals surface area contributed by atoms with Crippen molar-refractivity contribution in [2.45, 2.75) is 29.6 Å². The summed E-state index contributed by atoms with van der Waals surface area (Å²) >= 11 is 15.0. The molecule has 1 fully saturated rings. The maximum atomic E-state index is 14.3. The first-order valence-corrected chi connectivity index (χ1v) is 13.8. The molecule has 3 aromatic carbocycles. The van der Waals surface area contributed by atoms with Gasteiger partial charge in [0.05, 0.1) is 23.9 Å². The van der Waals surface area contributed by atoms with Gasteiger partial charge in [-0.05, 0) is 34.2 Å². The van der Waals surface area contributed by atoms with E-state index in [0.29, 0.717) is 22.3 Å². The van der Waals surface area contributed by atoms with Crippen LogP contribution in [0.4, 0.5) is 11.4 Å². The van der Waals surface area contributed by atoms with Crippen molar-refractivity contribution in [2.24, 2.45) is 17.8 Å². The van der Waals surface area contributed by atoms with Gasteiger partial charge >= 0.3 is 0 Å². The molecule has 9 nitrogen and oxygen atoms in total. The first kappa shape index (κ1) is 27.2. The number of benzene rings is 3. The summed E-state index contributed by atoms with van der Waals surface area (Å²) < 4.78 is 5.17. The summed E-state index contributed by atoms with van der Waals surface area (Å²) in [6, 6.07) is 17.2. The fraction of sp³-hybridized carbons (Fsp3) is 0.300. The average molecular weight is 594 g/mol. The zero-order chi connectivity index (χ0) is 29.4. The van der Waals surface area contributed by atoms with Crippen molar-refractivity contribution in [1.29, 1.82) is 0 Å². The van der Waals surface area contributed by atoms with Gasteiger partial charge in [0, 0.05) is 12.1 Å². The Morgan fingerprint density at radius 3 is 1.78 bits per heavy atom. The fourth-order valence-corrected chi connectivity index (χ4v) is 7.89. The zero-order valence-corrected chi connectivity index (χ0v) is 23.8. The van der Waals surface area contributed by atoms with Crippen LogP contribution in [0.2, 0.25) is 0 Å². The molecule has 0 spiro atoms. The van der Waals surface area contributed by atoms with E-state index in [-0.39, 0.29) is 17.1 Å². The van der Waals surface area contributed by atoms with Crippen LogP contribution >= 0.6 is 23.2 Å². The van der Waals surface area contributed by atoms with Crippen LogP contribution in [0.3, 0.4) is 0 Å². The normalized spacial score (nSPS) is 26.3. The van der Waals surface area contributed by atoms with Crippen molar-refractivity contribution < 1.29 is 24.0 Å². The average Bonchev–Trinajstić information content (AvgIpc) is 3.22. The first-order valence-electron chi connectivity index (χ1n) is 13.1. The number of hydrogen-bond donors (Lipinski definition) is 1. The maximum Gasteiger partial charge on any atom is 0.293 e. The van der Waals surface area contributed by atoms with E-state index in [4.69, 9.17) is 27.9 Å². The molecule has 0 aromatic heterocycles. The topological polar surface area (TPSA) is 119 Å². The summed E-state index contributed by atoms with van der Waals surface area (Å²) in [5.41, 5.74) is 2.12. The highest BCUT2D eigenvalue weighted by Crippen LogP contribution is 2.69. The Morgan fingerprint density at radius 1 is 0.927 bits per heavy atom. The number of nitrogens with one attached hydrogen (secondary N) is 1. The van der Waals surface area contributed by atoms with Crippen LogP contribution in [-0.4, -0.2) is 40.7 Å². The molecule has 0 unspecified atom stereocenters. The van der Waals surface area contributed by atoms with Crippen LogP contribution in [0.5, 0.6) is 5.75 Å². The zero-order valence-electron chi connectivity index (χ0n) is 22.3. The molecule has 41 heavy (non-hydrogen) atoms. The Balaban J connectivity index is 1.46. The number of nitro groups is 1. The highest BCUT2D eigenvalue weighted by atomic mass is 35.5. The second-order valence-corrected chi connectivity index (χ2v) is 12.0. The van der Waals surface area contributed by atoms with Gasteiger partial charge in [-0.15, -0.1) is 23.2 Å². The van der Waals surface area contributed by atoms with Crippen molar-refractivity contribution in [3.8, 4) is 5.75 Å². The van der Waals surface area contributed by atoms with E-state index in [9.17, 15) is 24.5 Å². The summed E-state index contributed by atoms with van der Waals surface area (Å²) in [4.78, 5) is 51.7. The molecule has 4 aliphatic rings. The number of hydrogen-bond acceptors (Lipinski definition) is 6.